The maximum absolute atomic E-state index is 15.4. The average Bonchev–Trinajstić information content (AvgIpc) is 3.36. The van der Waals surface area contributed by atoms with E-state index in [1.54, 1.807) is 86.1 Å². The number of imide groups is 1. The molecule has 446 valence electrons. The van der Waals surface area contributed by atoms with Crippen molar-refractivity contribution in [2.24, 2.45) is 17.1 Å². The maximum atomic E-state index is 15.4. The number of alkyl carbamates (subject to hydrolysis) is 1. The standard InChI is InChI=1S/C57H69F2N9O14S/c1-35(26-46(70)36(2)63-56(79)82-34-38-14-10-7-11-15-38)53(76)65-44(29-47(60)71)55(78)64-43(54(77)62-22-25-83(80,81)24-21-61-48(72)32-68-49(73)18-19-50(68)74)20-23-67(51(75)33-69)52(57(3,4)5)45-27-39(41-28-40(58)16-17-42(41)59)31-66(45)30-37-12-8-6-9-13-37/h6-19,27-28,31,35-36,43-44,52,69H,20-26,29-30,32-34H2,1-5H3,(H2,60,71)(H,61,72)(H,62,77)(H,63,79)(H,64,78)(H,65,76)/t35-,36+,43+,44+,52+/m1/s1. The Morgan fingerprint density at radius 1 is 0.759 bits per heavy atom. The molecule has 8 N–H and O–H groups in total. The molecule has 1 aliphatic rings. The molecule has 23 nitrogen and oxygen atoms in total. The van der Waals surface area contributed by atoms with E-state index in [4.69, 9.17) is 10.5 Å². The quantitative estimate of drug-likeness (QED) is 0.0368. The number of nitrogens with two attached hydrogens (primary N) is 1. The van der Waals surface area contributed by atoms with Gasteiger partial charge in [0.25, 0.3) is 11.8 Å². The number of ketones is 1. The predicted molar refractivity (Wildman–Crippen MR) is 297 cm³/mol. The first-order chi connectivity index (χ1) is 39.2. The van der Waals surface area contributed by atoms with Crippen LogP contribution in [0.4, 0.5) is 13.6 Å². The van der Waals surface area contributed by atoms with Gasteiger partial charge in [-0.25, -0.2) is 22.0 Å². The molecule has 9 amide bonds. The molecule has 0 bridgehead atoms. The van der Waals surface area contributed by atoms with Crippen LogP contribution in [0.15, 0.2) is 103 Å². The number of aromatic nitrogens is 1. The molecule has 83 heavy (non-hydrogen) atoms. The van der Waals surface area contributed by atoms with Gasteiger partial charge in [0.05, 0.1) is 30.0 Å². The molecule has 5 atom stereocenters. The summed E-state index contributed by atoms with van der Waals surface area (Å²) in [5.41, 5.74) is 6.57. The average molecular weight is 1170 g/mol. The summed E-state index contributed by atoms with van der Waals surface area (Å²) in [6.07, 6.45) is 0.848. The van der Waals surface area contributed by atoms with Crippen LogP contribution in [-0.2, 0) is 70.9 Å². The fourth-order valence-corrected chi connectivity index (χ4v) is 9.95. The van der Waals surface area contributed by atoms with Crippen LogP contribution in [0.1, 0.15) is 76.7 Å². The van der Waals surface area contributed by atoms with Crippen LogP contribution < -0.4 is 32.3 Å². The van der Waals surface area contributed by atoms with Crippen LogP contribution in [0.2, 0.25) is 0 Å². The molecule has 4 aromatic rings. The molecule has 5 rings (SSSR count). The van der Waals surface area contributed by atoms with E-state index in [1.165, 1.54) is 18.7 Å². The topological polar surface area (TPSA) is 332 Å². The summed E-state index contributed by atoms with van der Waals surface area (Å²) in [6.45, 7) is 4.93. The Balaban J connectivity index is 1.39. The van der Waals surface area contributed by atoms with Gasteiger partial charge in [0.1, 0.15) is 43.5 Å². The number of amides is 9. The van der Waals surface area contributed by atoms with Gasteiger partial charge in [-0.05, 0) is 54.2 Å². The van der Waals surface area contributed by atoms with Crippen molar-refractivity contribution in [3.8, 4) is 11.1 Å². The summed E-state index contributed by atoms with van der Waals surface area (Å²) >= 11 is 0. The van der Waals surface area contributed by atoms with Crippen LogP contribution in [0.5, 0.6) is 0 Å². The number of Topliss-reactive ketones (excluding diaryl/α,β-unsaturated/α-hetero) is 1. The largest absolute Gasteiger partial charge is 0.445 e. The predicted octanol–water partition coefficient (Wildman–Crippen LogP) is 2.11. The zero-order chi connectivity index (χ0) is 61.2. The van der Waals surface area contributed by atoms with E-state index in [0.717, 1.165) is 35.9 Å². The summed E-state index contributed by atoms with van der Waals surface area (Å²) in [5, 5.41) is 22.5. The van der Waals surface area contributed by atoms with E-state index >= 15 is 4.39 Å². The lowest BCUT2D eigenvalue weighted by molar-refractivity contribution is -0.141. The third kappa shape index (κ3) is 19.8. The highest BCUT2D eigenvalue weighted by Gasteiger charge is 2.39. The molecule has 26 heteroatoms. The monoisotopic (exact) mass is 1170 g/mol. The number of nitrogens with one attached hydrogen (secondary N) is 5. The van der Waals surface area contributed by atoms with Crippen molar-refractivity contribution in [3.63, 3.8) is 0 Å². The highest BCUT2D eigenvalue weighted by atomic mass is 32.2. The van der Waals surface area contributed by atoms with E-state index in [2.05, 4.69) is 26.6 Å². The highest BCUT2D eigenvalue weighted by Crippen LogP contribution is 2.41. The van der Waals surface area contributed by atoms with Crippen molar-refractivity contribution in [1.29, 1.82) is 0 Å². The molecule has 0 spiro atoms. The van der Waals surface area contributed by atoms with E-state index in [9.17, 15) is 65.9 Å². The molecule has 0 saturated carbocycles. The van der Waals surface area contributed by atoms with E-state index in [1.807, 2.05) is 12.1 Å². The second-order valence-corrected chi connectivity index (χ2v) is 23.2. The van der Waals surface area contributed by atoms with Gasteiger partial charge in [0, 0.05) is 73.7 Å². The number of primary amides is 1. The van der Waals surface area contributed by atoms with E-state index < -0.39 is 180 Å². The molecule has 3 aromatic carbocycles. The van der Waals surface area contributed by atoms with Gasteiger partial charge in [-0.1, -0.05) is 88.4 Å². The number of hydrogen-bond acceptors (Lipinski definition) is 14. The second kappa shape index (κ2) is 29.9. The number of carbonyl (C=O) groups is 10. The van der Waals surface area contributed by atoms with Crippen molar-refractivity contribution >= 4 is 69.0 Å². The van der Waals surface area contributed by atoms with E-state index in [0.29, 0.717) is 16.2 Å². The minimum atomic E-state index is -4.05. The Morgan fingerprint density at radius 3 is 1.96 bits per heavy atom. The molecule has 0 aliphatic carbocycles. The number of ether oxygens (including phenoxy) is 1. The number of carbonyl (C=O) groups excluding carboxylic acids is 10. The summed E-state index contributed by atoms with van der Waals surface area (Å²) < 4.78 is 63.3. The Kier molecular flexibility index (Phi) is 23.5. The Hall–Kier alpha value is -8.65. The minimum absolute atomic E-state index is 0.0814. The first kappa shape index (κ1) is 65.2. The third-order valence-electron chi connectivity index (χ3n) is 13.2. The summed E-state index contributed by atoms with van der Waals surface area (Å²) in [6, 6.07) is 16.7. The van der Waals surface area contributed by atoms with Crippen molar-refractivity contribution < 1.29 is 75.0 Å². The van der Waals surface area contributed by atoms with Crippen LogP contribution in [-0.4, -0.2) is 149 Å². The van der Waals surface area contributed by atoms with Gasteiger partial charge in [-0.15, -0.1) is 0 Å². The zero-order valence-electron chi connectivity index (χ0n) is 46.5. The molecule has 0 radical (unpaired) electrons. The fourth-order valence-electron chi connectivity index (χ4n) is 8.91. The van der Waals surface area contributed by atoms with Gasteiger partial charge in [-0.3, -0.25) is 48.1 Å². The SMILES string of the molecule is C[C@H](CC(=O)[C@H](C)NC(=O)OCc1ccccc1)C(=O)N[C@@H](CC(N)=O)C(=O)N[C@@H](CCN(C(=O)CO)[C@@H](c1cc(-c2cc(F)ccc2F)cn1Cc1ccccc1)C(C)(C)C)C(=O)NCCS(=O)(=O)CCNC(=O)CN1C(=O)C=CC1=O. The molecule has 2 heterocycles. The van der Waals surface area contributed by atoms with Crippen LogP contribution in [0, 0.1) is 23.0 Å². The van der Waals surface area contributed by atoms with Crippen molar-refractivity contribution in [1.82, 2.24) is 41.0 Å². The van der Waals surface area contributed by atoms with E-state index in [-0.39, 0.29) is 24.3 Å². The van der Waals surface area contributed by atoms with Gasteiger partial charge in [0.2, 0.25) is 35.4 Å². The summed E-state index contributed by atoms with van der Waals surface area (Å²) in [5.74, 6) is -11.9. The number of hydrogen-bond donors (Lipinski definition) is 7. The summed E-state index contributed by atoms with van der Waals surface area (Å²) in [7, 11) is -4.05. The fraction of sp³-hybridized carbons (Fsp3) is 0.404. The number of nitrogens with zero attached hydrogens (tertiary/aromatic N) is 3. The first-order valence-corrected chi connectivity index (χ1v) is 28.3. The Bertz CT molecular complexity index is 3150. The second-order valence-electron chi connectivity index (χ2n) is 20.9. The number of rotatable bonds is 30. The number of aliphatic hydroxyl groups excluding tert-OH is 1. The van der Waals surface area contributed by atoms with Gasteiger partial charge in [-0.2, -0.15) is 0 Å². The molecule has 0 unspecified atom stereocenters. The Morgan fingerprint density at radius 2 is 1.36 bits per heavy atom. The molecular formula is C57H69F2N9O14S. The first-order valence-electron chi connectivity index (χ1n) is 26.4. The lowest BCUT2D eigenvalue weighted by atomic mass is 9.82. The number of halogens is 2. The van der Waals surface area contributed by atoms with Gasteiger partial charge >= 0.3 is 6.09 Å². The van der Waals surface area contributed by atoms with Crippen LogP contribution >= 0.6 is 0 Å². The molecule has 0 saturated heterocycles. The van der Waals surface area contributed by atoms with Gasteiger partial charge < -0.3 is 51.6 Å². The van der Waals surface area contributed by atoms with Crippen molar-refractivity contribution in [3.05, 3.63) is 132 Å². The number of sulfone groups is 1. The molecular weight excluding hydrogens is 1100 g/mol. The maximum Gasteiger partial charge on any atom is 0.408 e. The van der Waals surface area contributed by atoms with Crippen LogP contribution in [0.3, 0.4) is 0 Å². The molecule has 0 fully saturated rings. The van der Waals surface area contributed by atoms with Gasteiger partial charge in [0.15, 0.2) is 15.6 Å². The lowest BCUT2D eigenvalue weighted by Crippen LogP contribution is -2.56. The number of benzene rings is 3. The molecule has 1 aliphatic heterocycles. The molecule has 1 aromatic heterocycles. The number of aliphatic hydroxyl groups is 1. The minimum Gasteiger partial charge on any atom is -0.445 e. The highest BCUT2D eigenvalue weighted by molar-refractivity contribution is 7.91. The lowest BCUT2D eigenvalue weighted by Gasteiger charge is -2.41. The van der Waals surface area contributed by atoms with Crippen molar-refractivity contribution in [2.75, 3.05) is 44.3 Å². The normalized spacial score (nSPS) is 14.1. The summed E-state index contributed by atoms with van der Waals surface area (Å²) in [4.78, 5) is 132. The zero-order valence-corrected chi connectivity index (χ0v) is 47.3. The Labute approximate surface area is 478 Å². The smallest absolute Gasteiger partial charge is 0.408 e. The third-order valence-corrected chi connectivity index (χ3v) is 14.8. The van der Waals surface area contributed by atoms with Crippen molar-refractivity contribution in [2.45, 2.75) is 91.2 Å². The van der Waals surface area contributed by atoms with Crippen LogP contribution in [0.25, 0.3) is 11.1 Å².